The maximum absolute atomic E-state index is 5.63. The van der Waals surface area contributed by atoms with Crippen LogP contribution in [0.3, 0.4) is 0 Å². The second-order valence-corrected chi connectivity index (χ2v) is 9.50. The fourth-order valence-electron chi connectivity index (χ4n) is 4.45. The molecule has 0 saturated carbocycles. The number of aryl methyl sites for hydroxylation is 3. The highest BCUT2D eigenvalue weighted by Gasteiger charge is 2.09. The van der Waals surface area contributed by atoms with Crippen molar-refractivity contribution in [3.8, 4) is 5.69 Å². The molecule has 0 fully saturated rings. The first-order valence-corrected chi connectivity index (χ1v) is 11.9. The molecule has 0 bridgehead atoms. The van der Waals surface area contributed by atoms with Crippen molar-refractivity contribution in [2.45, 2.75) is 27.2 Å². The first-order chi connectivity index (χ1) is 16.5. The van der Waals surface area contributed by atoms with Gasteiger partial charge in [-0.3, -0.25) is 9.56 Å². The fraction of sp³-hybridized carbons (Fsp3) is 0.167. The van der Waals surface area contributed by atoms with E-state index >= 15 is 0 Å². The summed E-state index contributed by atoms with van der Waals surface area (Å²) >= 11 is 5.63. The summed E-state index contributed by atoms with van der Waals surface area (Å²) in [7, 11) is 0. The average Bonchev–Trinajstić information content (AvgIpc) is 3.26. The number of nitrogens with zero attached hydrogens (tertiary/aromatic N) is 3. The summed E-state index contributed by atoms with van der Waals surface area (Å²) in [4.78, 5) is 10.3. The average molecular weight is 462 g/mol. The predicted molar refractivity (Wildman–Crippen MR) is 148 cm³/mol. The van der Waals surface area contributed by atoms with Crippen molar-refractivity contribution < 1.29 is 0 Å². The summed E-state index contributed by atoms with van der Waals surface area (Å²) in [6.07, 6.45) is 4.62. The summed E-state index contributed by atoms with van der Waals surface area (Å²) in [5.74, 6) is 0. The zero-order valence-corrected chi connectivity index (χ0v) is 20.6. The smallest absolute Gasteiger partial charge is 0.100 e. The van der Waals surface area contributed by atoms with Gasteiger partial charge >= 0.3 is 0 Å². The molecule has 0 radical (unpaired) electrons. The lowest BCUT2D eigenvalue weighted by molar-refractivity contribution is 1.09. The number of rotatable bonds is 6. The largest absolute Gasteiger partial charge is 0.299 e. The molecule has 168 valence electrons. The number of imidazole rings is 1. The minimum Gasteiger partial charge on any atom is -0.299 e. The second kappa shape index (κ2) is 9.32. The molecule has 0 saturated heterocycles. The minimum absolute atomic E-state index is 0.557. The van der Waals surface area contributed by atoms with Crippen molar-refractivity contribution >= 4 is 45.1 Å². The molecular weight excluding hydrogens is 434 g/mol. The molecule has 0 N–H and O–H groups in total. The molecule has 0 aliphatic carbocycles. The molecule has 4 aromatic carbocycles. The summed E-state index contributed by atoms with van der Waals surface area (Å²) in [6.45, 7) is 6.94. The number of aromatic nitrogens is 2. The number of benzene rings is 4. The standard InChI is InChI=1S/C30H27N3S/c1-20-7-11-25(12-8-20)33-19-32-30-27-13-9-23(15-24(27)10-14-29(30)33)17-31-18-26(34)16-28-21(2)5-4-6-22(28)3/h4-15,17,19H,16,18H2,1-3H3. The first kappa shape index (κ1) is 22.2. The van der Waals surface area contributed by atoms with E-state index in [0.717, 1.165) is 44.3 Å². The predicted octanol–water partition coefficient (Wildman–Crippen LogP) is 7.14. The van der Waals surface area contributed by atoms with Gasteiger partial charge in [-0.1, -0.05) is 66.3 Å². The SMILES string of the molecule is Cc1ccc(-n2cnc3c4ccc(C=NCC(=S)Cc5c(C)cccc5C)cc4ccc32)cc1. The minimum atomic E-state index is 0.557. The van der Waals surface area contributed by atoms with Crippen molar-refractivity contribution in [3.05, 3.63) is 107 Å². The zero-order valence-electron chi connectivity index (χ0n) is 19.7. The van der Waals surface area contributed by atoms with Crippen LogP contribution >= 0.6 is 12.2 Å². The third-order valence-corrected chi connectivity index (χ3v) is 6.67. The van der Waals surface area contributed by atoms with Gasteiger partial charge < -0.3 is 0 Å². The normalized spacial score (nSPS) is 11.6. The molecule has 0 unspecified atom stereocenters. The van der Waals surface area contributed by atoms with E-state index in [0.29, 0.717) is 6.54 Å². The molecule has 0 spiro atoms. The molecule has 0 aliphatic heterocycles. The van der Waals surface area contributed by atoms with Gasteiger partial charge in [0.25, 0.3) is 0 Å². The zero-order chi connectivity index (χ0) is 23.7. The maximum atomic E-state index is 5.63. The van der Waals surface area contributed by atoms with Crippen molar-refractivity contribution in [2.75, 3.05) is 6.54 Å². The monoisotopic (exact) mass is 461 g/mol. The molecule has 0 amide bonds. The van der Waals surface area contributed by atoms with Gasteiger partial charge in [0.05, 0.1) is 17.6 Å². The molecule has 4 heteroatoms. The van der Waals surface area contributed by atoms with Gasteiger partial charge in [-0.15, -0.1) is 0 Å². The molecular formula is C30H27N3S. The Balaban J connectivity index is 1.35. The highest BCUT2D eigenvalue weighted by molar-refractivity contribution is 7.80. The summed E-state index contributed by atoms with van der Waals surface area (Å²) < 4.78 is 2.14. The molecule has 5 aromatic rings. The van der Waals surface area contributed by atoms with E-state index in [9.17, 15) is 0 Å². The van der Waals surface area contributed by atoms with Gasteiger partial charge in [0, 0.05) is 28.6 Å². The number of hydrogen-bond donors (Lipinski definition) is 0. The lowest BCUT2D eigenvalue weighted by atomic mass is 9.99. The Morgan fingerprint density at radius 2 is 1.71 bits per heavy atom. The fourth-order valence-corrected chi connectivity index (χ4v) is 4.67. The summed E-state index contributed by atoms with van der Waals surface area (Å²) in [5.41, 5.74) is 9.45. The van der Waals surface area contributed by atoms with E-state index in [-0.39, 0.29) is 0 Å². The van der Waals surface area contributed by atoms with Crippen molar-refractivity contribution in [2.24, 2.45) is 4.99 Å². The van der Waals surface area contributed by atoms with Crippen molar-refractivity contribution in [3.63, 3.8) is 0 Å². The van der Waals surface area contributed by atoms with Crippen molar-refractivity contribution in [1.29, 1.82) is 0 Å². The lowest BCUT2D eigenvalue weighted by Gasteiger charge is -2.09. The molecule has 3 nitrogen and oxygen atoms in total. The third-order valence-electron chi connectivity index (χ3n) is 6.39. The van der Waals surface area contributed by atoms with Crippen LogP contribution in [-0.4, -0.2) is 27.2 Å². The highest BCUT2D eigenvalue weighted by atomic mass is 32.1. The Kier molecular flexibility index (Phi) is 6.08. The van der Waals surface area contributed by atoms with Gasteiger partial charge in [-0.2, -0.15) is 0 Å². The molecule has 1 aromatic heterocycles. The van der Waals surface area contributed by atoms with E-state index in [1.807, 2.05) is 12.5 Å². The number of hydrogen-bond acceptors (Lipinski definition) is 3. The maximum Gasteiger partial charge on any atom is 0.100 e. The van der Waals surface area contributed by atoms with E-state index in [4.69, 9.17) is 17.2 Å². The Morgan fingerprint density at radius 3 is 2.47 bits per heavy atom. The van der Waals surface area contributed by atoms with E-state index in [1.165, 1.54) is 22.3 Å². The van der Waals surface area contributed by atoms with Gasteiger partial charge in [-0.05, 0) is 72.7 Å². The molecule has 1 heterocycles. The van der Waals surface area contributed by atoms with Crippen LogP contribution in [0.4, 0.5) is 0 Å². The quantitative estimate of drug-likeness (QED) is 0.199. The van der Waals surface area contributed by atoms with Crippen LogP contribution in [0.5, 0.6) is 0 Å². The van der Waals surface area contributed by atoms with Crippen LogP contribution < -0.4 is 0 Å². The topological polar surface area (TPSA) is 30.2 Å². The Labute approximate surface area is 205 Å². The number of fused-ring (bicyclic) bond motifs is 3. The Morgan fingerprint density at radius 1 is 0.941 bits per heavy atom. The summed E-state index contributed by atoms with van der Waals surface area (Å²) in [5, 5.41) is 2.30. The summed E-state index contributed by atoms with van der Waals surface area (Å²) in [6, 6.07) is 25.6. The van der Waals surface area contributed by atoms with Crippen LogP contribution in [0.15, 0.2) is 84.1 Å². The molecule has 5 rings (SSSR count). The molecule has 0 aliphatic rings. The molecule has 34 heavy (non-hydrogen) atoms. The number of thiocarbonyl (C=S) groups is 1. The lowest BCUT2D eigenvalue weighted by Crippen LogP contribution is -2.07. The Hall–Kier alpha value is -3.63. The van der Waals surface area contributed by atoms with E-state index in [2.05, 4.69) is 103 Å². The highest BCUT2D eigenvalue weighted by Crippen LogP contribution is 2.27. The number of aliphatic imine (C=N–C) groups is 1. The Bertz CT molecular complexity index is 1520. The van der Waals surface area contributed by atoms with Gasteiger partial charge in [0.1, 0.15) is 6.33 Å². The molecule has 0 atom stereocenters. The van der Waals surface area contributed by atoms with Crippen LogP contribution in [0.1, 0.15) is 27.8 Å². The third kappa shape index (κ3) is 4.42. The van der Waals surface area contributed by atoms with Crippen LogP contribution in [0.25, 0.3) is 27.5 Å². The van der Waals surface area contributed by atoms with E-state index < -0.39 is 0 Å². The van der Waals surface area contributed by atoms with Crippen molar-refractivity contribution in [1.82, 2.24) is 9.55 Å². The van der Waals surface area contributed by atoms with Gasteiger partial charge in [0.2, 0.25) is 0 Å². The van der Waals surface area contributed by atoms with Crippen LogP contribution in [0, 0.1) is 20.8 Å². The van der Waals surface area contributed by atoms with Crippen LogP contribution in [0.2, 0.25) is 0 Å². The van der Waals surface area contributed by atoms with E-state index in [1.54, 1.807) is 0 Å². The first-order valence-electron chi connectivity index (χ1n) is 11.5. The van der Waals surface area contributed by atoms with Gasteiger partial charge in [0.15, 0.2) is 0 Å². The van der Waals surface area contributed by atoms with Crippen LogP contribution in [-0.2, 0) is 6.42 Å². The second-order valence-electron chi connectivity index (χ2n) is 8.92. The van der Waals surface area contributed by atoms with Gasteiger partial charge in [-0.25, -0.2) is 4.98 Å².